The van der Waals surface area contributed by atoms with E-state index in [-0.39, 0.29) is 16.4 Å². The zero-order valence-corrected chi connectivity index (χ0v) is 11.6. The molecule has 0 aliphatic carbocycles. The summed E-state index contributed by atoms with van der Waals surface area (Å²) in [6.45, 7) is 1.80. The first-order chi connectivity index (χ1) is 9.86. The van der Waals surface area contributed by atoms with E-state index in [1.165, 1.54) is 0 Å². The van der Waals surface area contributed by atoms with E-state index in [2.05, 4.69) is 5.10 Å². The number of aromatic carboxylic acids is 1. The Bertz CT molecular complexity index is 716. The van der Waals surface area contributed by atoms with Crippen LogP contribution in [0, 0.1) is 17.5 Å². The molecule has 0 radical (unpaired) electrons. The molecule has 1 heterocycles. The van der Waals surface area contributed by atoms with Crippen LogP contribution in [0.15, 0.2) is 12.1 Å². The highest BCUT2D eigenvalue weighted by Crippen LogP contribution is 2.27. The molecule has 0 amide bonds. The van der Waals surface area contributed by atoms with Gasteiger partial charge in [-0.25, -0.2) is 22.6 Å². The van der Waals surface area contributed by atoms with Crippen LogP contribution >= 0.6 is 11.6 Å². The fraction of sp³-hybridized carbons (Fsp3) is 0.231. The minimum Gasteiger partial charge on any atom is -0.478 e. The molecule has 2 aromatic rings. The number of halogens is 4. The molecule has 0 saturated carbocycles. The van der Waals surface area contributed by atoms with Crippen LogP contribution in [0.1, 0.15) is 29.4 Å². The minimum absolute atomic E-state index is 0.152. The lowest BCUT2D eigenvalue weighted by molar-refractivity contribution is 0.0696. The second-order valence-electron chi connectivity index (χ2n) is 4.30. The first kappa shape index (κ1) is 15.4. The second kappa shape index (κ2) is 5.77. The summed E-state index contributed by atoms with van der Waals surface area (Å²) in [6, 6.07) is 0.924. The first-order valence-electron chi connectivity index (χ1n) is 6.02. The normalized spacial score (nSPS) is 10.9. The van der Waals surface area contributed by atoms with Crippen LogP contribution in [0.3, 0.4) is 0 Å². The topological polar surface area (TPSA) is 55.1 Å². The Morgan fingerprint density at radius 2 is 1.90 bits per heavy atom. The summed E-state index contributed by atoms with van der Waals surface area (Å²) in [5, 5.41) is 12.7. The molecule has 0 bridgehead atoms. The van der Waals surface area contributed by atoms with Crippen molar-refractivity contribution in [2.45, 2.75) is 19.8 Å². The third-order valence-electron chi connectivity index (χ3n) is 2.82. The predicted octanol–water partition coefficient (Wildman–Crippen LogP) is 3.59. The first-order valence-corrected chi connectivity index (χ1v) is 6.40. The maximum absolute atomic E-state index is 13.8. The van der Waals surface area contributed by atoms with Gasteiger partial charge in [0.2, 0.25) is 0 Å². The van der Waals surface area contributed by atoms with Gasteiger partial charge >= 0.3 is 5.97 Å². The number of benzene rings is 1. The standard InChI is InChI=1S/C13H10ClF3N2O2/c1-2-3-9-11(13(20)21)12(14)19(18-9)10-5-7(16)6(15)4-8(10)17/h4-5H,2-3H2,1H3,(H,20,21). The molecule has 4 nitrogen and oxygen atoms in total. The number of hydrogen-bond donors (Lipinski definition) is 1. The lowest BCUT2D eigenvalue weighted by atomic mass is 10.2. The van der Waals surface area contributed by atoms with Gasteiger partial charge in [-0.1, -0.05) is 24.9 Å². The Hall–Kier alpha value is -2.02. The minimum atomic E-state index is -1.35. The van der Waals surface area contributed by atoms with Crippen molar-refractivity contribution in [3.05, 3.63) is 46.0 Å². The monoisotopic (exact) mass is 318 g/mol. The summed E-state index contributed by atoms with van der Waals surface area (Å²) in [4.78, 5) is 11.2. The largest absolute Gasteiger partial charge is 0.478 e. The predicted molar refractivity (Wildman–Crippen MR) is 69.4 cm³/mol. The molecule has 0 atom stereocenters. The molecule has 8 heteroatoms. The summed E-state index contributed by atoms with van der Waals surface area (Å²) in [5.74, 6) is -5.06. The third kappa shape index (κ3) is 2.73. The van der Waals surface area contributed by atoms with Gasteiger partial charge in [0.1, 0.15) is 16.4 Å². The molecule has 0 fully saturated rings. The summed E-state index contributed by atoms with van der Waals surface area (Å²) in [5.41, 5.74) is -0.578. The highest BCUT2D eigenvalue weighted by Gasteiger charge is 2.24. The molecule has 2 rings (SSSR count). The quantitative estimate of drug-likeness (QED) is 0.876. The molecule has 0 aliphatic heterocycles. The van der Waals surface area contributed by atoms with Crippen LogP contribution in [-0.2, 0) is 6.42 Å². The van der Waals surface area contributed by atoms with Crippen molar-refractivity contribution in [2.24, 2.45) is 0 Å². The molecule has 1 N–H and O–H groups in total. The van der Waals surface area contributed by atoms with Crippen molar-refractivity contribution in [1.82, 2.24) is 9.78 Å². The average molecular weight is 319 g/mol. The Labute approximate surface area is 122 Å². The van der Waals surface area contributed by atoms with E-state index < -0.39 is 29.1 Å². The van der Waals surface area contributed by atoms with Gasteiger partial charge < -0.3 is 5.11 Å². The molecule has 112 valence electrons. The van der Waals surface area contributed by atoms with Gasteiger partial charge in [-0.2, -0.15) is 5.10 Å². The summed E-state index contributed by atoms with van der Waals surface area (Å²) in [6.07, 6.45) is 0.896. The van der Waals surface area contributed by atoms with Crippen molar-refractivity contribution in [3.8, 4) is 5.69 Å². The molecular weight excluding hydrogens is 309 g/mol. The number of aryl methyl sites for hydroxylation is 1. The molecule has 0 aliphatic rings. The van der Waals surface area contributed by atoms with E-state index in [0.29, 0.717) is 25.0 Å². The fourth-order valence-corrected chi connectivity index (χ4v) is 2.22. The SMILES string of the molecule is CCCc1nn(-c2cc(F)c(F)cc2F)c(Cl)c1C(=O)O. The Balaban J connectivity index is 2.67. The zero-order valence-electron chi connectivity index (χ0n) is 10.8. The van der Waals surface area contributed by atoms with Crippen LogP contribution in [0.5, 0.6) is 0 Å². The summed E-state index contributed by atoms with van der Waals surface area (Å²) in [7, 11) is 0. The number of hydrogen-bond acceptors (Lipinski definition) is 2. The van der Waals surface area contributed by atoms with Crippen LogP contribution in [0.2, 0.25) is 5.15 Å². The maximum atomic E-state index is 13.8. The summed E-state index contributed by atoms with van der Waals surface area (Å²) < 4.78 is 40.7. The van der Waals surface area contributed by atoms with Gasteiger partial charge in [-0.05, 0) is 6.42 Å². The molecule has 1 aromatic carbocycles. The van der Waals surface area contributed by atoms with Gasteiger partial charge in [-0.15, -0.1) is 0 Å². The fourth-order valence-electron chi connectivity index (χ4n) is 1.90. The second-order valence-corrected chi connectivity index (χ2v) is 4.66. The van der Waals surface area contributed by atoms with E-state index in [1.54, 1.807) is 6.92 Å². The number of rotatable bonds is 4. The van der Waals surface area contributed by atoms with Gasteiger partial charge in [0, 0.05) is 12.1 Å². The number of carboxylic acids is 1. The Kier molecular flexibility index (Phi) is 4.22. The van der Waals surface area contributed by atoms with E-state index in [1.807, 2.05) is 0 Å². The van der Waals surface area contributed by atoms with Crippen molar-refractivity contribution < 1.29 is 23.1 Å². The summed E-state index contributed by atoms with van der Waals surface area (Å²) >= 11 is 5.90. The van der Waals surface area contributed by atoms with Crippen molar-refractivity contribution >= 4 is 17.6 Å². The van der Waals surface area contributed by atoms with Crippen molar-refractivity contribution in [1.29, 1.82) is 0 Å². The van der Waals surface area contributed by atoms with E-state index in [9.17, 15) is 18.0 Å². The Morgan fingerprint density at radius 3 is 2.48 bits per heavy atom. The maximum Gasteiger partial charge on any atom is 0.340 e. The lowest BCUT2D eigenvalue weighted by Gasteiger charge is -2.05. The van der Waals surface area contributed by atoms with Gasteiger partial charge in [0.15, 0.2) is 17.5 Å². The molecule has 0 saturated heterocycles. The van der Waals surface area contributed by atoms with Gasteiger partial charge in [0.05, 0.1) is 5.69 Å². The molecule has 21 heavy (non-hydrogen) atoms. The van der Waals surface area contributed by atoms with Crippen LogP contribution in [0.25, 0.3) is 5.69 Å². The highest BCUT2D eigenvalue weighted by atomic mass is 35.5. The van der Waals surface area contributed by atoms with Crippen LogP contribution in [0.4, 0.5) is 13.2 Å². The van der Waals surface area contributed by atoms with Crippen molar-refractivity contribution in [2.75, 3.05) is 0 Å². The number of carbonyl (C=O) groups is 1. The van der Waals surface area contributed by atoms with Gasteiger partial charge in [0.25, 0.3) is 0 Å². The average Bonchev–Trinajstić information content (AvgIpc) is 2.71. The third-order valence-corrected chi connectivity index (χ3v) is 3.17. The molecule has 0 spiro atoms. The molecule has 1 aromatic heterocycles. The zero-order chi connectivity index (χ0) is 15.7. The van der Waals surface area contributed by atoms with Gasteiger partial charge in [-0.3, -0.25) is 0 Å². The number of aromatic nitrogens is 2. The molecule has 0 unspecified atom stereocenters. The van der Waals surface area contributed by atoms with Crippen LogP contribution < -0.4 is 0 Å². The molecular formula is C13H10ClF3N2O2. The smallest absolute Gasteiger partial charge is 0.340 e. The highest BCUT2D eigenvalue weighted by molar-refractivity contribution is 6.33. The number of nitrogens with zero attached hydrogens (tertiary/aromatic N) is 2. The number of carboxylic acid groups (broad SMARTS) is 1. The van der Waals surface area contributed by atoms with E-state index in [4.69, 9.17) is 16.7 Å². The van der Waals surface area contributed by atoms with Crippen molar-refractivity contribution in [3.63, 3.8) is 0 Å². The lowest BCUT2D eigenvalue weighted by Crippen LogP contribution is -2.03. The van der Waals surface area contributed by atoms with E-state index in [0.717, 1.165) is 4.68 Å². The van der Waals surface area contributed by atoms with E-state index >= 15 is 0 Å². The Morgan fingerprint density at radius 1 is 1.29 bits per heavy atom. The van der Waals surface area contributed by atoms with Crippen LogP contribution in [-0.4, -0.2) is 20.9 Å².